The van der Waals surface area contributed by atoms with E-state index >= 15 is 0 Å². The third kappa shape index (κ3) is 2.82. The molecule has 3 heteroatoms. The molecule has 0 aromatic carbocycles. The van der Waals surface area contributed by atoms with Crippen LogP contribution in [0.2, 0.25) is 0 Å². The fraction of sp³-hybridized carbons (Fsp3) is 0.929. The minimum Gasteiger partial charge on any atom is -0.353 e. The average Bonchev–Trinajstić information content (AvgIpc) is 2.83. The zero-order valence-corrected chi connectivity index (χ0v) is 11.0. The van der Waals surface area contributed by atoms with Crippen molar-refractivity contribution >= 4 is 5.91 Å². The Balaban J connectivity index is 1.94. The minimum atomic E-state index is -0.255. The SMILES string of the molecule is CC1CCC(CN)(C(=O)NC2CCCC2)CC1. The van der Waals surface area contributed by atoms with E-state index in [0.29, 0.717) is 12.6 Å². The molecule has 0 bridgehead atoms. The Labute approximate surface area is 105 Å². The number of nitrogens with two attached hydrogens (primary N) is 1. The standard InChI is InChI=1S/C14H26N2O/c1-11-6-8-14(10-15,9-7-11)13(17)16-12-4-2-3-5-12/h11-12H,2-10,15H2,1H3,(H,16,17). The Morgan fingerprint density at radius 1 is 1.24 bits per heavy atom. The fourth-order valence-electron chi connectivity index (χ4n) is 3.25. The Morgan fingerprint density at radius 3 is 2.35 bits per heavy atom. The Morgan fingerprint density at radius 2 is 1.82 bits per heavy atom. The van der Waals surface area contributed by atoms with Gasteiger partial charge in [-0.25, -0.2) is 0 Å². The number of amides is 1. The quantitative estimate of drug-likeness (QED) is 0.792. The summed E-state index contributed by atoms with van der Waals surface area (Å²) in [5.74, 6) is 0.993. The lowest BCUT2D eigenvalue weighted by molar-refractivity contribution is -0.133. The van der Waals surface area contributed by atoms with Crippen molar-refractivity contribution in [2.24, 2.45) is 17.1 Å². The first-order valence-corrected chi connectivity index (χ1v) is 7.17. The van der Waals surface area contributed by atoms with E-state index in [4.69, 9.17) is 5.73 Å². The largest absolute Gasteiger partial charge is 0.353 e. The molecule has 2 aliphatic carbocycles. The molecule has 0 heterocycles. The first kappa shape index (κ1) is 12.9. The summed E-state index contributed by atoms with van der Waals surface area (Å²) in [7, 11) is 0. The van der Waals surface area contributed by atoms with Gasteiger partial charge in [0.1, 0.15) is 0 Å². The maximum atomic E-state index is 12.4. The molecular formula is C14H26N2O. The average molecular weight is 238 g/mol. The lowest BCUT2D eigenvalue weighted by Gasteiger charge is -2.37. The van der Waals surface area contributed by atoms with Gasteiger partial charge >= 0.3 is 0 Å². The van der Waals surface area contributed by atoms with Crippen molar-refractivity contribution in [3.05, 3.63) is 0 Å². The zero-order valence-electron chi connectivity index (χ0n) is 11.0. The Kier molecular flexibility index (Phi) is 4.08. The van der Waals surface area contributed by atoms with E-state index in [1.807, 2.05) is 0 Å². The van der Waals surface area contributed by atoms with E-state index in [0.717, 1.165) is 44.4 Å². The van der Waals surface area contributed by atoms with Crippen LogP contribution >= 0.6 is 0 Å². The number of carbonyl (C=O) groups excluding carboxylic acids is 1. The molecule has 2 aliphatic rings. The van der Waals surface area contributed by atoms with Crippen LogP contribution in [0.25, 0.3) is 0 Å². The van der Waals surface area contributed by atoms with Crippen molar-refractivity contribution in [1.82, 2.24) is 5.32 Å². The monoisotopic (exact) mass is 238 g/mol. The van der Waals surface area contributed by atoms with Crippen LogP contribution in [0.3, 0.4) is 0 Å². The Bertz CT molecular complexity index is 263. The van der Waals surface area contributed by atoms with Crippen LogP contribution in [-0.4, -0.2) is 18.5 Å². The van der Waals surface area contributed by atoms with Crippen molar-refractivity contribution in [3.63, 3.8) is 0 Å². The molecule has 0 saturated heterocycles. The molecule has 2 rings (SSSR count). The molecule has 2 fully saturated rings. The molecule has 98 valence electrons. The van der Waals surface area contributed by atoms with Crippen molar-refractivity contribution in [3.8, 4) is 0 Å². The predicted octanol–water partition coefficient (Wildman–Crippen LogP) is 2.20. The van der Waals surface area contributed by atoms with E-state index in [1.54, 1.807) is 0 Å². The molecule has 17 heavy (non-hydrogen) atoms. The van der Waals surface area contributed by atoms with Gasteiger partial charge in [-0.1, -0.05) is 19.8 Å². The van der Waals surface area contributed by atoms with Crippen molar-refractivity contribution in [1.29, 1.82) is 0 Å². The number of hydrogen-bond donors (Lipinski definition) is 2. The molecule has 0 unspecified atom stereocenters. The zero-order chi connectivity index (χ0) is 12.3. The first-order chi connectivity index (χ1) is 8.16. The van der Waals surface area contributed by atoms with Gasteiger partial charge in [-0.05, 0) is 44.4 Å². The van der Waals surface area contributed by atoms with Gasteiger partial charge in [0.15, 0.2) is 0 Å². The summed E-state index contributed by atoms with van der Waals surface area (Å²) in [5.41, 5.74) is 5.64. The highest BCUT2D eigenvalue weighted by molar-refractivity contribution is 5.83. The van der Waals surface area contributed by atoms with Crippen LogP contribution in [-0.2, 0) is 4.79 Å². The summed E-state index contributed by atoms with van der Waals surface area (Å²) in [6, 6.07) is 0.422. The van der Waals surface area contributed by atoms with Gasteiger partial charge in [-0.15, -0.1) is 0 Å². The van der Waals surface area contributed by atoms with Gasteiger partial charge in [0.2, 0.25) is 5.91 Å². The maximum absolute atomic E-state index is 12.4. The van der Waals surface area contributed by atoms with Crippen LogP contribution in [0.5, 0.6) is 0 Å². The topological polar surface area (TPSA) is 55.1 Å². The maximum Gasteiger partial charge on any atom is 0.227 e. The summed E-state index contributed by atoms with van der Waals surface area (Å²) >= 11 is 0. The Hall–Kier alpha value is -0.570. The summed E-state index contributed by atoms with van der Waals surface area (Å²) in [5, 5.41) is 3.24. The van der Waals surface area contributed by atoms with Crippen molar-refractivity contribution < 1.29 is 4.79 Å². The summed E-state index contributed by atoms with van der Waals surface area (Å²) in [6.45, 7) is 2.79. The van der Waals surface area contributed by atoms with Gasteiger partial charge in [0.25, 0.3) is 0 Å². The number of rotatable bonds is 3. The van der Waals surface area contributed by atoms with Crippen LogP contribution in [0, 0.1) is 11.3 Å². The molecule has 0 radical (unpaired) electrons. The van der Waals surface area contributed by atoms with E-state index in [9.17, 15) is 4.79 Å². The second-order valence-electron chi connectivity index (χ2n) is 6.12. The highest BCUT2D eigenvalue weighted by Crippen LogP contribution is 2.38. The molecule has 3 N–H and O–H groups in total. The van der Waals surface area contributed by atoms with Gasteiger partial charge in [-0.2, -0.15) is 0 Å². The fourth-order valence-corrected chi connectivity index (χ4v) is 3.25. The molecule has 0 spiro atoms. The van der Waals surface area contributed by atoms with Crippen molar-refractivity contribution in [2.45, 2.75) is 64.3 Å². The third-order valence-electron chi connectivity index (χ3n) is 4.79. The molecule has 0 aromatic heterocycles. The molecule has 0 atom stereocenters. The van der Waals surface area contributed by atoms with Gasteiger partial charge in [0, 0.05) is 12.6 Å². The smallest absolute Gasteiger partial charge is 0.227 e. The number of carbonyl (C=O) groups is 1. The second-order valence-corrected chi connectivity index (χ2v) is 6.12. The predicted molar refractivity (Wildman–Crippen MR) is 69.5 cm³/mol. The molecular weight excluding hydrogens is 212 g/mol. The number of hydrogen-bond acceptors (Lipinski definition) is 2. The first-order valence-electron chi connectivity index (χ1n) is 7.17. The van der Waals surface area contributed by atoms with Crippen LogP contribution < -0.4 is 11.1 Å². The number of nitrogens with one attached hydrogen (secondary N) is 1. The molecule has 0 aromatic rings. The minimum absolute atomic E-state index is 0.235. The summed E-state index contributed by atoms with van der Waals surface area (Å²) < 4.78 is 0. The highest BCUT2D eigenvalue weighted by Gasteiger charge is 2.40. The normalized spacial score (nSPS) is 34.8. The lowest BCUT2D eigenvalue weighted by atomic mass is 9.70. The van der Waals surface area contributed by atoms with Crippen LogP contribution in [0.1, 0.15) is 58.3 Å². The third-order valence-corrected chi connectivity index (χ3v) is 4.79. The van der Waals surface area contributed by atoms with E-state index in [1.165, 1.54) is 12.8 Å². The van der Waals surface area contributed by atoms with Gasteiger partial charge < -0.3 is 11.1 Å². The highest BCUT2D eigenvalue weighted by atomic mass is 16.2. The van der Waals surface area contributed by atoms with E-state index < -0.39 is 0 Å². The molecule has 1 amide bonds. The van der Waals surface area contributed by atoms with E-state index in [-0.39, 0.29) is 11.3 Å². The molecule has 0 aliphatic heterocycles. The van der Waals surface area contributed by atoms with E-state index in [2.05, 4.69) is 12.2 Å². The summed E-state index contributed by atoms with van der Waals surface area (Å²) in [6.07, 6.45) is 9.08. The second kappa shape index (κ2) is 5.38. The van der Waals surface area contributed by atoms with Crippen molar-refractivity contribution in [2.75, 3.05) is 6.54 Å². The lowest BCUT2D eigenvalue weighted by Crippen LogP contribution is -2.50. The molecule has 2 saturated carbocycles. The summed E-state index contributed by atoms with van der Waals surface area (Å²) in [4.78, 5) is 12.4. The molecule has 3 nitrogen and oxygen atoms in total. The van der Waals surface area contributed by atoms with Crippen LogP contribution in [0.4, 0.5) is 0 Å². The van der Waals surface area contributed by atoms with Gasteiger partial charge in [0.05, 0.1) is 5.41 Å². The van der Waals surface area contributed by atoms with Crippen LogP contribution in [0.15, 0.2) is 0 Å². The van der Waals surface area contributed by atoms with Gasteiger partial charge in [-0.3, -0.25) is 4.79 Å².